The summed E-state index contributed by atoms with van der Waals surface area (Å²) in [5.74, 6) is -1.25. The highest BCUT2D eigenvalue weighted by atomic mass is 32.2. The number of nitrogens with zero attached hydrogens (tertiary/aromatic N) is 3. The lowest BCUT2D eigenvalue weighted by molar-refractivity contribution is -0.173. The molecule has 0 spiro atoms. The number of hydrogen-bond acceptors (Lipinski definition) is 5. The maximum absolute atomic E-state index is 13.8. The van der Waals surface area contributed by atoms with E-state index >= 15 is 0 Å². The minimum Gasteiger partial charge on any atom is -0.502 e. The van der Waals surface area contributed by atoms with Crippen LogP contribution in [0.1, 0.15) is 45.7 Å². The van der Waals surface area contributed by atoms with Crippen LogP contribution in [0.15, 0.2) is 64.4 Å². The first-order valence-electron chi connectivity index (χ1n) is 11.0. The molecule has 1 amide bonds. The molecule has 5 rings (SSSR count). The van der Waals surface area contributed by atoms with Crippen molar-refractivity contribution in [3.05, 3.63) is 92.9 Å². The van der Waals surface area contributed by atoms with Crippen LogP contribution in [-0.2, 0) is 5.75 Å². The van der Waals surface area contributed by atoms with E-state index in [4.69, 9.17) is 0 Å². The molecule has 0 bridgehead atoms. The Labute approximate surface area is 203 Å². The van der Waals surface area contributed by atoms with Crippen LogP contribution < -0.4 is 10.4 Å². The molecule has 1 N–H and O–H groups in total. The molecule has 2 aliphatic heterocycles. The maximum Gasteiger partial charge on any atom is 0.408 e. The molecule has 3 heterocycles. The Bertz CT molecular complexity index is 1390. The van der Waals surface area contributed by atoms with Crippen LogP contribution in [0.25, 0.3) is 0 Å². The molecular formula is C25H22F3N3O3S. The van der Waals surface area contributed by atoms with Crippen LogP contribution in [-0.4, -0.2) is 39.5 Å². The topological polar surface area (TPSA) is 65.8 Å². The third-order valence-electron chi connectivity index (χ3n) is 6.66. The van der Waals surface area contributed by atoms with Crippen molar-refractivity contribution >= 4 is 17.7 Å². The average Bonchev–Trinajstić information content (AvgIpc) is 2.98. The first-order chi connectivity index (χ1) is 16.6. The summed E-state index contributed by atoms with van der Waals surface area (Å²) in [7, 11) is 0. The number of rotatable bonds is 2. The molecule has 0 saturated heterocycles. The van der Waals surface area contributed by atoms with E-state index in [-0.39, 0.29) is 0 Å². The largest absolute Gasteiger partial charge is 0.502 e. The molecule has 0 saturated carbocycles. The molecule has 3 aromatic rings. The summed E-state index contributed by atoms with van der Waals surface area (Å²) in [6.07, 6.45) is -3.36. The number of aryl methyl sites for hydroxylation is 1. The smallest absolute Gasteiger partial charge is 0.408 e. The standard InChI is InChI=1S/C25H22F3N3O3S/c1-14-6-5-8-16-18(14)12-35-20-9-4-3-7-17(20)21(16)31-13-29(15(2)25(26,27)28)24(34)22-23(33)19(32)10-11-30(22)31/h3-11,15,21,33H,12-13H2,1-2H3/t15-,21-/m1/s1. The summed E-state index contributed by atoms with van der Waals surface area (Å²) in [5.41, 5.74) is 2.53. The van der Waals surface area contributed by atoms with E-state index < -0.39 is 47.7 Å². The number of halogens is 3. The molecule has 0 fully saturated rings. The average molecular weight is 502 g/mol. The van der Waals surface area contributed by atoms with Gasteiger partial charge in [-0.1, -0.05) is 36.4 Å². The van der Waals surface area contributed by atoms with Gasteiger partial charge in [0.15, 0.2) is 11.4 Å². The van der Waals surface area contributed by atoms with Crippen LogP contribution in [0.5, 0.6) is 5.75 Å². The fourth-order valence-electron chi connectivity index (χ4n) is 4.69. The van der Waals surface area contributed by atoms with Crippen molar-refractivity contribution < 1.29 is 23.1 Å². The number of hydrogen-bond donors (Lipinski definition) is 1. The van der Waals surface area contributed by atoms with E-state index in [1.165, 1.54) is 10.9 Å². The fourth-order valence-corrected chi connectivity index (χ4v) is 5.91. The first kappa shape index (κ1) is 23.3. The normalized spacial score (nSPS) is 18.4. The molecule has 0 unspecified atom stereocenters. The lowest BCUT2D eigenvalue weighted by Crippen LogP contribution is -2.60. The van der Waals surface area contributed by atoms with Crippen LogP contribution in [0.3, 0.4) is 0 Å². The number of carbonyl (C=O) groups is 1. The van der Waals surface area contributed by atoms with Gasteiger partial charge in [-0.05, 0) is 42.2 Å². The Balaban J connectivity index is 1.79. The second-order valence-corrected chi connectivity index (χ2v) is 9.68. The lowest BCUT2D eigenvalue weighted by atomic mass is 9.92. The van der Waals surface area contributed by atoms with Gasteiger partial charge >= 0.3 is 6.18 Å². The molecule has 2 aromatic carbocycles. The van der Waals surface area contributed by atoms with Crippen molar-refractivity contribution in [2.75, 3.05) is 11.7 Å². The fraction of sp³-hybridized carbons (Fsp3) is 0.280. The van der Waals surface area contributed by atoms with Gasteiger partial charge in [0.25, 0.3) is 5.91 Å². The van der Waals surface area contributed by atoms with Gasteiger partial charge in [0, 0.05) is 22.9 Å². The Morgan fingerprint density at radius 2 is 1.77 bits per heavy atom. The Morgan fingerprint density at radius 3 is 2.51 bits per heavy atom. The zero-order chi connectivity index (χ0) is 25.1. The van der Waals surface area contributed by atoms with Gasteiger partial charge in [0.05, 0.1) is 6.04 Å². The molecule has 1 aromatic heterocycles. The quantitative estimate of drug-likeness (QED) is 0.558. The summed E-state index contributed by atoms with van der Waals surface area (Å²) in [4.78, 5) is 27.0. The monoisotopic (exact) mass is 501 g/mol. The molecular weight excluding hydrogens is 479 g/mol. The summed E-state index contributed by atoms with van der Waals surface area (Å²) < 4.78 is 42.7. The van der Waals surface area contributed by atoms with Gasteiger partial charge in [-0.15, -0.1) is 11.8 Å². The second kappa shape index (κ2) is 8.37. The van der Waals surface area contributed by atoms with Crippen molar-refractivity contribution in [1.29, 1.82) is 0 Å². The number of amides is 1. The van der Waals surface area contributed by atoms with Gasteiger partial charge in [-0.3, -0.25) is 19.3 Å². The first-order valence-corrected chi connectivity index (χ1v) is 12.0. The summed E-state index contributed by atoms with van der Waals surface area (Å²) >= 11 is 1.64. The van der Waals surface area contributed by atoms with E-state index in [0.717, 1.165) is 40.1 Å². The van der Waals surface area contributed by atoms with E-state index in [2.05, 4.69) is 0 Å². The van der Waals surface area contributed by atoms with E-state index in [0.29, 0.717) is 10.7 Å². The number of carbonyl (C=O) groups excluding carboxylic acids is 1. The SMILES string of the molecule is Cc1cccc2c1CSc1ccccc1[C@@H]2N1CN([C@H](C)C(F)(F)F)C(=O)c2c(O)c(=O)ccn21. The highest BCUT2D eigenvalue weighted by molar-refractivity contribution is 7.98. The van der Waals surface area contributed by atoms with E-state index in [9.17, 15) is 27.9 Å². The highest BCUT2D eigenvalue weighted by Gasteiger charge is 2.47. The number of pyridine rings is 1. The number of alkyl halides is 3. The molecule has 10 heteroatoms. The highest BCUT2D eigenvalue weighted by Crippen LogP contribution is 2.44. The van der Waals surface area contributed by atoms with Gasteiger partial charge in [0.2, 0.25) is 5.43 Å². The lowest BCUT2D eigenvalue weighted by Gasteiger charge is -2.46. The Hall–Kier alpha value is -3.40. The number of aromatic nitrogens is 1. The third-order valence-corrected chi connectivity index (χ3v) is 7.77. The van der Waals surface area contributed by atoms with Crippen LogP contribution in [0.2, 0.25) is 0 Å². The number of benzene rings is 2. The van der Waals surface area contributed by atoms with Crippen LogP contribution in [0.4, 0.5) is 13.2 Å². The molecule has 6 nitrogen and oxygen atoms in total. The summed E-state index contributed by atoms with van der Waals surface area (Å²) in [5, 5.41) is 12.1. The number of aromatic hydroxyl groups is 1. The number of thioether (sulfide) groups is 1. The van der Waals surface area contributed by atoms with Crippen LogP contribution in [0, 0.1) is 6.92 Å². The predicted octanol–water partition coefficient (Wildman–Crippen LogP) is 4.56. The third kappa shape index (κ3) is 3.76. The molecule has 0 radical (unpaired) electrons. The van der Waals surface area contributed by atoms with E-state index in [1.54, 1.807) is 16.8 Å². The second-order valence-electron chi connectivity index (χ2n) is 8.67. The Morgan fingerprint density at radius 1 is 1.06 bits per heavy atom. The molecule has 0 aliphatic carbocycles. The molecule has 35 heavy (non-hydrogen) atoms. The van der Waals surface area contributed by atoms with Crippen molar-refractivity contribution in [3.63, 3.8) is 0 Å². The Kier molecular flexibility index (Phi) is 5.58. The molecule has 2 atom stereocenters. The van der Waals surface area contributed by atoms with Gasteiger partial charge in [0.1, 0.15) is 12.7 Å². The van der Waals surface area contributed by atoms with E-state index in [1.807, 2.05) is 49.4 Å². The molecule has 2 aliphatic rings. The van der Waals surface area contributed by atoms with Gasteiger partial charge < -0.3 is 10.0 Å². The van der Waals surface area contributed by atoms with Crippen molar-refractivity contribution in [3.8, 4) is 5.75 Å². The minimum atomic E-state index is -4.69. The minimum absolute atomic E-state index is 0.397. The maximum atomic E-state index is 13.8. The van der Waals surface area contributed by atoms with Gasteiger partial charge in [-0.25, -0.2) is 0 Å². The zero-order valence-corrected chi connectivity index (χ0v) is 19.7. The molecule has 182 valence electrons. The van der Waals surface area contributed by atoms with Crippen LogP contribution >= 0.6 is 11.8 Å². The van der Waals surface area contributed by atoms with Crippen molar-refractivity contribution in [2.45, 2.75) is 42.8 Å². The van der Waals surface area contributed by atoms with Crippen molar-refractivity contribution in [2.24, 2.45) is 0 Å². The number of fused-ring (bicyclic) bond motifs is 3. The van der Waals surface area contributed by atoms with Gasteiger partial charge in [-0.2, -0.15) is 13.2 Å². The summed E-state index contributed by atoms with van der Waals surface area (Å²) in [6, 6.07) is 11.9. The van der Waals surface area contributed by atoms with Crippen molar-refractivity contribution in [1.82, 2.24) is 9.58 Å². The summed E-state index contributed by atoms with van der Waals surface area (Å²) in [6.45, 7) is 2.49. The zero-order valence-electron chi connectivity index (χ0n) is 18.9. The predicted molar refractivity (Wildman–Crippen MR) is 126 cm³/mol.